The molecule has 0 bridgehead atoms. The number of methoxy groups -OCH3 is 3. The number of benzene rings is 2. The summed E-state index contributed by atoms with van der Waals surface area (Å²) in [6.07, 6.45) is 9.00. The highest BCUT2D eigenvalue weighted by molar-refractivity contribution is 5.94. The van der Waals surface area contributed by atoms with Crippen LogP contribution >= 0.6 is 0 Å². The smallest absolute Gasteiger partial charge is 0.320 e. The van der Waals surface area contributed by atoms with Gasteiger partial charge in [0.15, 0.2) is 23.7 Å². The van der Waals surface area contributed by atoms with Gasteiger partial charge in [0.25, 0.3) is 0 Å². The Kier molecular flexibility index (Phi) is 10.9. The second-order valence-electron chi connectivity index (χ2n) is 11.9. The average Bonchev–Trinajstić information content (AvgIpc) is 3.57. The highest BCUT2D eigenvalue weighted by Gasteiger charge is 2.41. The summed E-state index contributed by atoms with van der Waals surface area (Å²) in [6, 6.07) is 16.1. The molecule has 43 heavy (non-hydrogen) atoms. The van der Waals surface area contributed by atoms with E-state index in [1.807, 2.05) is 24.3 Å². The van der Waals surface area contributed by atoms with Crippen LogP contribution in [0, 0.1) is 5.92 Å². The van der Waals surface area contributed by atoms with Crippen LogP contribution in [0.3, 0.4) is 0 Å². The van der Waals surface area contributed by atoms with Crippen LogP contribution in [-0.2, 0) is 28.6 Å². The second kappa shape index (κ2) is 15.0. The molecule has 2 aromatic carbocycles. The lowest BCUT2D eigenvalue weighted by molar-refractivity contribution is -0.243. The predicted molar refractivity (Wildman–Crippen MR) is 160 cm³/mol. The lowest BCUT2D eigenvalue weighted by Gasteiger charge is -2.41. The van der Waals surface area contributed by atoms with Gasteiger partial charge < -0.3 is 23.7 Å². The molecule has 3 fully saturated rings. The number of hydroxylamine groups is 1. The van der Waals surface area contributed by atoms with E-state index in [1.165, 1.54) is 26.2 Å². The summed E-state index contributed by atoms with van der Waals surface area (Å²) in [5.74, 6) is -0.864. The number of nitrogens with one attached hydrogen (secondary N) is 1. The van der Waals surface area contributed by atoms with E-state index in [0.29, 0.717) is 23.8 Å². The van der Waals surface area contributed by atoms with Crippen molar-refractivity contribution in [2.24, 2.45) is 5.92 Å². The first kappa shape index (κ1) is 31.3. The Bertz CT molecular complexity index is 1180. The van der Waals surface area contributed by atoms with E-state index >= 15 is 0 Å². The summed E-state index contributed by atoms with van der Waals surface area (Å²) in [7, 11) is 4.19. The number of ether oxygens (including phenoxy) is 5. The molecule has 0 radical (unpaired) electrons. The van der Waals surface area contributed by atoms with Crippen LogP contribution in [0.4, 0.5) is 0 Å². The molecule has 9 nitrogen and oxygen atoms in total. The van der Waals surface area contributed by atoms with Gasteiger partial charge in [-0.05, 0) is 68.2 Å². The first-order valence-corrected chi connectivity index (χ1v) is 15.6. The van der Waals surface area contributed by atoms with Crippen LogP contribution in [0.1, 0.15) is 87.2 Å². The Morgan fingerprint density at radius 3 is 2.23 bits per heavy atom. The van der Waals surface area contributed by atoms with Crippen molar-refractivity contribution >= 4 is 11.9 Å². The zero-order valence-electron chi connectivity index (χ0n) is 25.5. The van der Waals surface area contributed by atoms with Gasteiger partial charge in [-0.3, -0.25) is 14.4 Å². The van der Waals surface area contributed by atoms with Gasteiger partial charge in [-0.15, -0.1) is 0 Å². The number of esters is 2. The summed E-state index contributed by atoms with van der Waals surface area (Å²) < 4.78 is 28.7. The van der Waals surface area contributed by atoms with Crippen molar-refractivity contribution in [3.05, 3.63) is 59.7 Å². The van der Waals surface area contributed by atoms with Gasteiger partial charge in [0.05, 0.1) is 33.5 Å². The van der Waals surface area contributed by atoms with Crippen LogP contribution in [-0.4, -0.2) is 57.8 Å². The maximum atomic E-state index is 12.6. The molecule has 0 aromatic heterocycles. The van der Waals surface area contributed by atoms with Crippen molar-refractivity contribution in [1.29, 1.82) is 0 Å². The quantitative estimate of drug-likeness (QED) is 0.255. The van der Waals surface area contributed by atoms with E-state index in [1.54, 1.807) is 7.11 Å². The van der Waals surface area contributed by atoms with Gasteiger partial charge in [-0.25, -0.2) is 0 Å². The number of hydrogen-bond donors (Lipinski definition) is 1. The molecule has 1 N–H and O–H groups in total. The molecule has 5 atom stereocenters. The Morgan fingerprint density at radius 2 is 1.53 bits per heavy atom. The van der Waals surface area contributed by atoms with Crippen molar-refractivity contribution in [3.8, 4) is 11.5 Å². The maximum Gasteiger partial charge on any atom is 0.320 e. The van der Waals surface area contributed by atoms with Gasteiger partial charge >= 0.3 is 11.9 Å². The first-order chi connectivity index (χ1) is 21.0. The van der Waals surface area contributed by atoms with E-state index in [9.17, 15) is 9.59 Å². The third-order valence-electron chi connectivity index (χ3n) is 9.21. The summed E-state index contributed by atoms with van der Waals surface area (Å²) in [4.78, 5) is 31.3. The molecular weight excluding hydrogens is 550 g/mol. The van der Waals surface area contributed by atoms with Crippen LogP contribution in [0.15, 0.2) is 48.5 Å². The Hall–Kier alpha value is -3.14. The molecule has 5 rings (SSSR count). The minimum atomic E-state index is -1.09. The van der Waals surface area contributed by atoms with E-state index < -0.39 is 30.2 Å². The second-order valence-corrected chi connectivity index (χ2v) is 11.9. The Morgan fingerprint density at radius 1 is 0.837 bits per heavy atom. The molecule has 234 valence electrons. The monoisotopic (exact) mass is 595 g/mol. The zero-order valence-corrected chi connectivity index (χ0v) is 25.5. The lowest BCUT2D eigenvalue weighted by atomic mass is 9.81. The topological polar surface area (TPSA) is 102 Å². The van der Waals surface area contributed by atoms with Crippen molar-refractivity contribution < 1.29 is 38.1 Å². The molecule has 0 unspecified atom stereocenters. The van der Waals surface area contributed by atoms with E-state index in [2.05, 4.69) is 29.7 Å². The maximum absolute atomic E-state index is 12.6. The molecular formula is C34H45NO8. The van der Waals surface area contributed by atoms with Gasteiger partial charge in [0.1, 0.15) is 0 Å². The minimum absolute atomic E-state index is 0.0233. The molecule has 0 amide bonds. The standard InChI is InChI=1S/C34H45NO8/c1-38-30-18-17-23(19-31(30)41-24-13-7-8-14-24)26-21-32(43-35-28(26)20-27(33(36)39-2)34(37)40-3)42-29-16-10-9-15-25(29)22-11-5-4-6-12-22/h4-6,11-12,17-19,24-29,32,35H,7-10,13-16,20-21H2,1-3H3/t25-,26+,28+,29+,32+/m1/s1. The lowest BCUT2D eigenvalue weighted by Crippen LogP contribution is -2.49. The highest BCUT2D eigenvalue weighted by atomic mass is 16.8. The van der Waals surface area contributed by atoms with Crippen LogP contribution in [0.5, 0.6) is 11.5 Å². The largest absolute Gasteiger partial charge is 0.493 e. The molecule has 2 aliphatic carbocycles. The molecule has 1 saturated heterocycles. The van der Waals surface area contributed by atoms with Crippen molar-refractivity contribution in [2.75, 3.05) is 21.3 Å². The van der Waals surface area contributed by atoms with Crippen LogP contribution in [0.2, 0.25) is 0 Å². The van der Waals surface area contributed by atoms with Crippen molar-refractivity contribution in [3.63, 3.8) is 0 Å². The molecule has 2 saturated carbocycles. The fraction of sp³-hybridized carbons (Fsp3) is 0.588. The molecule has 9 heteroatoms. The summed E-state index contributed by atoms with van der Waals surface area (Å²) >= 11 is 0. The third-order valence-corrected chi connectivity index (χ3v) is 9.21. The first-order valence-electron chi connectivity index (χ1n) is 15.6. The average molecular weight is 596 g/mol. The van der Waals surface area contributed by atoms with Gasteiger partial charge in [-0.2, -0.15) is 5.48 Å². The summed E-state index contributed by atoms with van der Waals surface area (Å²) in [5.41, 5.74) is 5.43. The number of rotatable bonds is 11. The molecule has 1 heterocycles. The minimum Gasteiger partial charge on any atom is -0.493 e. The predicted octanol–water partition coefficient (Wildman–Crippen LogP) is 5.82. The van der Waals surface area contributed by atoms with E-state index in [-0.39, 0.29) is 24.5 Å². The van der Waals surface area contributed by atoms with Crippen molar-refractivity contribution in [2.45, 2.75) is 101 Å². The van der Waals surface area contributed by atoms with Gasteiger partial charge in [0.2, 0.25) is 0 Å². The molecule has 1 aliphatic heterocycles. The van der Waals surface area contributed by atoms with Gasteiger partial charge in [-0.1, -0.05) is 49.2 Å². The highest BCUT2D eigenvalue weighted by Crippen LogP contribution is 2.41. The molecule has 2 aromatic rings. The van der Waals surface area contributed by atoms with Crippen LogP contribution in [0.25, 0.3) is 0 Å². The SMILES string of the molecule is COC(=O)C(C[C@@H]1NO[C@H](O[C@H]2CCCC[C@@H]2c2ccccc2)C[C@H]1c1ccc(OC)c(OC2CCCC2)c1)C(=O)OC. The Labute approximate surface area is 254 Å². The molecule has 0 spiro atoms. The Balaban J connectivity index is 1.40. The fourth-order valence-electron chi connectivity index (χ4n) is 6.89. The van der Waals surface area contributed by atoms with E-state index in [0.717, 1.165) is 50.5 Å². The number of carbonyl (C=O) groups is 2. The molecule has 3 aliphatic rings. The normalized spacial score (nSPS) is 26.2. The number of carbonyl (C=O) groups excluding carboxylic acids is 2. The third kappa shape index (κ3) is 7.69. The summed E-state index contributed by atoms with van der Waals surface area (Å²) in [6.45, 7) is 0. The number of hydrogen-bond acceptors (Lipinski definition) is 9. The van der Waals surface area contributed by atoms with Crippen molar-refractivity contribution in [1.82, 2.24) is 5.48 Å². The van der Waals surface area contributed by atoms with Crippen LogP contribution < -0.4 is 15.0 Å². The zero-order chi connectivity index (χ0) is 30.2. The fourth-order valence-corrected chi connectivity index (χ4v) is 6.89. The van der Waals surface area contributed by atoms with Gasteiger partial charge in [0, 0.05) is 24.3 Å². The van der Waals surface area contributed by atoms with E-state index in [4.69, 9.17) is 28.5 Å². The summed E-state index contributed by atoms with van der Waals surface area (Å²) in [5, 5.41) is 0.